The van der Waals surface area contributed by atoms with E-state index in [0.29, 0.717) is 0 Å². The van der Waals surface area contributed by atoms with Crippen LogP contribution < -0.4 is 5.32 Å². The number of nitrogens with one attached hydrogen (secondary N) is 1. The number of hydrogen-bond donors (Lipinski definition) is 1. The van der Waals surface area contributed by atoms with Gasteiger partial charge < -0.3 is 10.1 Å². The standard InChI is InChI=1S/C12H14BrF2NO2/c1-12(2,3)18-11(17)6-16-10-4-7(13)8(14)5-9(10)15/h4-5,16H,6H2,1-3H3. The lowest BCUT2D eigenvalue weighted by Crippen LogP contribution is -2.28. The van der Waals surface area contributed by atoms with Crippen LogP contribution in [0.25, 0.3) is 0 Å². The molecule has 0 aliphatic carbocycles. The highest BCUT2D eigenvalue weighted by molar-refractivity contribution is 9.10. The van der Waals surface area contributed by atoms with Crippen LogP contribution in [0.1, 0.15) is 20.8 Å². The molecule has 0 saturated carbocycles. The van der Waals surface area contributed by atoms with Crippen LogP contribution in [0.2, 0.25) is 0 Å². The summed E-state index contributed by atoms with van der Waals surface area (Å²) in [6.07, 6.45) is 0. The van der Waals surface area contributed by atoms with E-state index < -0.39 is 23.2 Å². The normalized spacial score (nSPS) is 11.2. The molecule has 0 bridgehead atoms. The van der Waals surface area contributed by atoms with Crippen molar-refractivity contribution in [1.29, 1.82) is 0 Å². The van der Waals surface area contributed by atoms with Crippen LogP contribution in [0.3, 0.4) is 0 Å². The van der Waals surface area contributed by atoms with E-state index in [0.717, 1.165) is 6.07 Å². The van der Waals surface area contributed by atoms with Gasteiger partial charge in [-0.3, -0.25) is 4.79 Å². The lowest BCUT2D eigenvalue weighted by Gasteiger charge is -2.19. The van der Waals surface area contributed by atoms with Crippen LogP contribution in [-0.2, 0) is 9.53 Å². The van der Waals surface area contributed by atoms with Crippen LogP contribution in [0.5, 0.6) is 0 Å². The number of ether oxygens (including phenoxy) is 1. The third-order valence-electron chi connectivity index (χ3n) is 1.85. The van der Waals surface area contributed by atoms with Gasteiger partial charge in [-0.1, -0.05) is 0 Å². The Balaban J connectivity index is 2.64. The van der Waals surface area contributed by atoms with E-state index in [-0.39, 0.29) is 16.7 Å². The second-order valence-electron chi connectivity index (χ2n) is 4.69. The third kappa shape index (κ3) is 4.60. The molecule has 0 aliphatic rings. The fraction of sp³-hybridized carbons (Fsp3) is 0.417. The summed E-state index contributed by atoms with van der Waals surface area (Å²) < 4.78 is 31.5. The molecule has 1 N–H and O–H groups in total. The Bertz CT molecular complexity index is 458. The fourth-order valence-electron chi connectivity index (χ4n) is 1.20. The summed E-state index contributed by atoms with van der Waals surface area (Å²) in [6.45, 7) is 5.02. The Morgan fingerprint density at radius 1 is 1.33 bits per heavy atom. The Labute approximate surface area is 113 Å². The van der Waals surface area contributed by atoms with Gasteiger partial charge in [-0.05, 0) is 42.8 Å². The third-order valence-corrected chi connectivity index (χ3v) is 2.46. The van der Waals surface area contributed by atoms with Crippen molar-refractivity contribution >= 4 is 27.6 Å². The summed E-state index contributed by atoms with van der Waals surface area (Å²) in [4.78, 5) is 11.4. The van der Waals surface area contributed by atoms with E-state index in [1.165, 1.54) is 6.07 Å². The van der Waals surface area contributed by atoms with Crippen molar-refractivity contribution in [2.75, 3.05) is 11.9 Å². The lowest BCUT2D eigenvalue weighted by atomic mass is 10.2. The van der Waals surface area contributed by atoms with E-state index in [4.69, 9.17) is 4.74 Å². The average molecular weight is 322 g/mol. The summed E-state index contributed by atoms with van der Waals surface area (Å²) in [5.74, 6) is -1.98. The van der Waals surface area contributed by atoms with Crippen molar-refractivity contribution in [1.82, 2.24) is 0 Å². The van der Waals surface area contributed by atoms with Gasteiger partial charge in [0.05, 0.1) is 10.2 Å². The first kappa shape index (κ1) is 14.9. The molecule has 0 saturated heterocycles. The van der Waals surface area contributed by atoms with E-state index in [9.17, 15) is 13.6 Å². The molecule has 100 valence electrons. The van der Waals surface area contributed by atoms with Crippen molar-refractivity contribution < 1.29 is 18.3 Å². The SMILES string of the molecule is CC(C)(C)OC(=O)CNc1cc(Br)c(F)cc1F. The van der Waals surface area contributed by atoms with Gasteiger partial charge in [0.1, 0.15) is 23.8 Å². The molecular weight excluding hydrogens is 308 g/mol. The van der Waals surface area contributed by atoms with Gasteiger partial charge in [0.15, 0.2) is 0 Å². The largest absolute Gasteiger partial charge is 0.459 e. The smallest absolute Gasteiger partial charge is 0.325 e. The lowest BCUT2D eigenvalue weighted by molar-refractivity contribution is -0.152. The molecular formula is C12H14BrF2NO2. The highest BCUT2D eigenvalue weighted by Crippen LogP contribution is 2.23. The van der Waals surface area contributed by atoms with Gasteiger partial charge in [-0.25, -0.2) is 8.78 Å². The van der Waals surface area contributed by atoms with E-state index in [2.05, 4.69) is 21.2 Å². The molecule has 0 amide bonds. The molecule has 1 rings (SSSR count). The second-order valence-corrected chi connectivity index (χ2v) is 5.54. The van der Waals surface area contributed by atoms with Crippen molar-refractivity contribution in [3.63, 3.8) is 0 Å². The molecule has 1 aromatic carbocycles. The van der Waals surface area contributed by atoms with Gasteiger partial charge in [0, 0.05) is 6.07 Å². The minimum Gasteiger partial charge on any atom is -0.459 e. The molecule has 0 aliphatic heterocycles. The Morgan fingerprint density at radius 3 is 2.50 bits per heavy atom. The molecule has 3 nitrogen and oxygen atoms in total. The highest BCUT2D eigenvalue weighted by atomic mass is 79.9. The Hall–Kier alpha value is -1.17. The minimum absolute atomic E-state index is 0.0362. The van der Waals surface area contributed by atoms with E-state index >= 15 is 0 Å². The van der Waals surface area contributed by atoms with Gasteiger partial charge >= 0.3 is 5.97 Å². The molecule has 0 atom stereocenters. The molecule has 0 heterocycles. The molecule has 0 radical (unpaired) electrons. The van der Waals surface area contributed by atoms with Gasteiger partial charge in [0.2, 0.25) is 0 Å². The van der Waals surface area contributed by atoms with Crippen molar-refractivity contribution in [3.8, 4) is 0 Å². The fourth-order valence-corrected chi connectivity index (χ4v) is 1.55. The summed E-state index contributed by atoms with van der Waals surface area (Å²) in [7, 11) is 0. The molecule has 0 spiro atoms. The summed E-state index contributed by atoms with van der Waals surface area (Å²) in [5, 5.41) is 2.56. The number of halogens is 3. The predicted octanol–water partition coefficient (Wildman–Crippen LogP) is 3.48. The first-order valence-electron chi connectivity index (χ1n) is 5.29. The Kier molecular flexibility index (Phi) is 4.67. The van der Waals surface area contributed by atoms with Crippen molar-refractivity contribution in [2.24, 2.45) is 0 Å². The quantitative estimate of drug-likeness (QED) is 0.684. The van der Waals surface area contributed by atoms with Crippen LogP contribution in [-0.4, -0.2) is 18.1 Å². The monoisotopic (exact) mass is 321 g/mol. The van der Waals surface area contributed by atoms with Crippen LogP contribution in [0.4, 0.5) is 14.5 Å². The molecule has 6 heteroatoms. The van der Waals surface area contributed by atoms with Gasteiger partial charge in [-0.15, -0.1) is 0 Å². The van der Waals surface area contributed by atoms with Crippen LogP contribution >= 0.6 is 15.9 Å². The number of hydrogen-bond acceptors (Lipinski definition) is 3. The minimum atomic E-state index is -0.765. The van der Waals surface area contributed by atoms with E-state index in [1.807, 2.05) is 0 Å². The molecule has 0 fully saturated rings. The summed E-state index contributed by atoms with van der Waals surface area (Å²) in [6, 6.07) is 1.97. The van der Waals surface area contributed by atoms with Crippen LogP contribution in [0.15, 0.2) is 16.6 Å². The number of carbonyl (C=O) groups excluding carboxylic acids is 1. The Morgan fingerprint density at radius 2 is 1.94 bits per heavy atom. The zero-order chi connectivity index (χ0) is 13.9. The topological polar surface area (TPSA) is 38.3 Å². The summed E-state index contributed by atoms with van der Waals surface area (Å²) in [5.41, 5.74) is -0.560. The van der Waals surface area contributed by atoms with Gasteiger partial charge in [-0.2, -0.15) is 0 Å². The average Bonchev–Trinajstić information content (AvgIpc) is 2.19. The number of carbonyl (C=O) groups is 1. The second kappa shape index (κ2) is 5.65. The first-order chi connectivity index (χ1) is 8.19. The zero-order valence-corrected chi connectivity index (χ0v) is 11.9. The first-order valence-corrected chi connectivity index (χ1v) is 6.08. The van der Waals surface area contributed by atoms with Crippen molar-refractivity contribution in [3.05, 3.63) is 28.2 Å². The maximum absolute atomic E-state index is 13.3. The molecule has 18 heavy (non-hydrogen) atoms. The molecule has 1 aromatic rings. The van der Waals surface area contributed by atoms with Crippen LogP contribution in [0, 0.1) is 11.6 Å². The van der Waals surface area contributed by atoms with E-state index in [1.54, 1.807) is 20.8 Å². The number of benzene rings is 1. The maximum atomic E-state index is 13.3. The maximum Gasteiger partial charge on any atom is 0.325 e. The number of anilines is 1. The molecule has 0 aromatic heterocycles. The summed E-state index contributed by atoms with van der Waals surface area (Å²) >= 11 is 2.94. The van der Waals surface area contributed by atoms with Crippen molar-refractivity contribution in [2.45, 2.75) is 26.4 Å². The highest BCUT2D eigenvalue weighted by Gasteiger charge is 2.16. The number of esters is 1. The predicted molar refractivity (Wildman–Crippen MR) is 68.4 cm³/mol. The zero-order valence-electron chi connectivity index (χ0n) is 10.3. The number of rotatable bonds is 3. The van der Waals surface area contributed by atoms with Gasteiger partial charge in [0.25, 0.3) is 0 Å². The molecule has 0 unspecified atom stereocenters.